The highest BCUT2D eigenvalue weighted by Crippen LogP contribution is 2.41. The topological polar surface area (TPSA) is 101 Å². The van der Waals surface area contributed by atoms with Gasteiger partial charge in [0.15, 0.2) is 0 Å². The molecule has 8 heteroatoms. The van der Waals surface area contributed by atoms with Gasteiger partial charge in [-0.1, -0.05) is 52.0 Å². The van der Waals surface area contributed by atoms with Gasteiger partial charge in [-0.3, -0.25) is 0 Å². The van der Waals surface area contributed by atoms with E-state index in [1.807, 2.05) is 58.0 Å². The molecule has 0 saturated heterocycles. The summed E-state index contributed by atoms with van der Waals surface area (Å²) in [6.07, 6.45) is 1.48. The van der Waals surface area contributed by atoms with E-state index in [1.54, 1.807) is 0 Å². The van der Waals surface area contributed by atoms with Gasteiger partial charge in [0.1, 0.15) is 20.8 Å². The zero-order valence-electron chi connectivity index (χ0n) is 19.1. The maximum atomic E-state index is 13.8. The summed E-state index contributed by atoms with van der Waals surface area (Å²) < 4.78 is 68.2. The number of hydrogen-bond donors (Lipinski definition) is 0. The molecule has 33 heavy (non-hydrogen) atoms. The lowest BCUT2D eigenvalue weighted by molar-refractivity contribution is 0.462. The Morgan fingerprint density at radius 1 is 0.879 bits per heavy atom. The average Bonchev–Trinajstić information content (AvgIpc) is 3.21. The van der Waals surface area contributed by atoms with Crippen LogP contribution in [0.4, 0.5) is 0 Å². The van der Waals surface area contributed by atoms with Crippen molar-refractivity contribution < 1.29 is 25.6 Å². The highest BCUT2D eigenvalue weighted by atomic mass is 32.2. The van der Waals surface area contributed by atoms with E-state index in [-0.39, 0.29) is 27.4 Å². The molecule has 0 heterocycles. The molecule has 0 spiro atoms. The van der Waals surface area contributed by atoms with Crippen molar-refractivity contribution in [1.29, 1.82) is 0 Å². The Morgan fingerprint density at radius 3 is 2.18 bits per heavy atom. The number of benzene rings is 3. The summed E-state index contributed by atoms with van der Waals surface area (Å²) in [7, 11) is -8.91. The molecule has 0 aliphatic heterocycles. The second-order valence-corrected chi connectivity index (χ2v) is 11.9. The van der Waals surface area contributed by atoms with Crippen LogP contribution in [0.3, 0.4) is 0 Å². The minimum absolute atomic E-state index is 0.0702. The lowest BCUT2D eigenvalue weighted by Gasteiger charge is -2.23. The van der Waals surface area contributed by atoms with Gasteiger partial charge in [-0.15, -0.1) is 0 Å². The van der Waals surface area contributed by atoms with E-state index in [0.717, 1.165) is 16.8 Å². The van der Waals surface area contributed by atoms with E-state index in [0.29, 0.717) is 41.5 Å². The lowest BCUT2D eigenvalue weighted by atomic mass is 9.90. The summed E-state index contributed by atoms with van der Waals surface area (Å²) in [6, 6.07) is 12.0. The van der Waals surface area contributed by atoms with Crippen LogP contribution in [0.5, 0.6) is 5.75 Å². The average molecular weight is 488 g/mol. The van der Waals surface area contributed by atoms with Gasteiger partial charge in [-0.25, -0.2) is 8.42 Å². The number of fused-ring (bicyclic) bond motifs is 2. The van der Waals surface area contributed by atoms with Crippen molar-refractivity contribution in [3.05, 3.63) is 64.7 Å². The van der Waals surface area contributed by atoms with Crippen LogP contribution in [0, 0.1) is 0 Å². The molecule has 3 aromatic rings. The first-order valence-corrected chi connectivity index (χ1v) is 13.8. The third kappa shape index (κ3) is 4.27. The molecule has 0 aromatic heterocycles. The van der Waals surface area contributed by atoms with Crippen LogP contribution >= 0.6 is 0 Å². The fourth-order valence-corrected chi connectivity index (χ4v) is 7.21. The van der Waals surface area contributed by atoms with E-state index in [4.69, 9.17) is 4.18 Å². The molecule has 0 bridgehead atoms. The Kier molecular flexibility index (Phi) is 6.05. The van der Waals surface area contributed by atoms with Gasteiger partial charge in [0.2, 0.25) is 0 Å². The van der Waals surface area contributed by atoms with Crippen molar-refractivity contribution in [1.82, 2.24) is 0 Å². The first kappa shape index (κ1) is 23.7. The second-order valence-electron chi connectivity index (χ2n) is 9.10. The molecule has 0 unspecified atom stereocenters. The predicted molar refractivity (Wildman–Crippen MR) is 126 cm³/mol. The first-order valence-electron chi connectivity index (χ1n) is 11.0. The van der Waals surface area contributed by atoms with E-state index < -0.39 is 20.2 Å². The quantitative estimate of drug-likeness (QED) is 0.348. The van der Waals surface area contributed by atoms with Gasteiger partial charge in [0.05, 0.1) is 4.90 Å². The summed E-state index contributed by atoms with van der Waals surface area (Å²) in [5.74, 6) is -0.0627. The zero-order valence-corrected chi connectivity index (χ0v) is 20.7. The molecule has 3 aromatic carbocycles. The predicted octanol–water partition coefficient (Wildman–Crippen LogP) is 5.25. The fourth-order valence-electron chi connectivity index (χ4n) is 4.77. The summed E-state index contributed by atoms with van der Waals surface area (Å²) in [5.41, 5.74) is 2.22. The minimum atomic E-state index is -4.66. The zero-order chi connectivity index (χ0) is 24.1. The Balaban J connectivity index is 1.94. The maximum Gasteiger partial charge on any atom is 0.339 e. The van der Waals surface area contributed by atoms with Gasteiger partial charge >= 0.3 is 10.1 Å². The molecule has 4 rings (SSSR count). The van der Waals surface area contributed by atoms with Crippen molar-refractivity contribution in [2.24, 2.45) is 0 Å². The van der Waals surface area contributed by atoms with E-state index in [2.05, 4.69) is 0 Å². The molecule has 0 amide bonds. The van der Waals surface area contributed by atoms with E-state index >= 15 is 0 Å². The summed E-state index contributed by atoms with van der Waals surface area (Å²) in [6.45, 7) is 7.80. The highest BCUT2D eigenvalue weighted by molar-refractivity contribution is 7.87. The smallest absolute Gasteiger partial charge is 0.339 e. The molecule has 0 saturated carbocycles. The Morgan fingerprint density at radius 2 is 1.55 bits per heavy atom. The van der Waals surface area contributed by atoms with Gasteiger partial charge in [0.25, 0.3) is 0 Å². The first-order chi connectivity index (χ1) is 15.4. The molecular formula is C25H27O6S2-. The van der Waals surface area contributed by atoms with Crippen LogP contribution < -0.4 is 4.18 Å². The molecule has 1 aliphatic carbocycles. The van der Waals surface area contributed by atoms with E-state index in [1.165, 1.54) is 6.07 Å². The molecule has 0 fully saturated rings. The van der Waals surface area contributed by atoms with Crippen molar-refractivity contribution in [3.8, 4) is 5.75 Å². The maximum absolute atomic E-state index is 13.8. The van der Waals surface area contributed by atoms with Crippen LogP contribution in [0.15, 0.2) is 52.3 Å². The second kappa shape index (κ2) is 8.42. The Bertz CT molecular complexity index is 1450. The van der Waals surface area contributed by atoms with Crippen molar-refractivity contribution in [3.63, 3.8) is 0 Å². The molecule has 0 atom stereocenters. The van der Waals surface area contributed by atoms with E-state index in [9.17, 15) is 21.4 Å². The van der Waals surface area contributed by atoms with Crippen LogP contribution in [-0.2, 0) is 33.1 Å². The minimum Gasteiger partial charge on any atom is -0.744 e. The molecule has 176 valence electrons. The SMILES string of the molecule is CC(C)c1cc2ccccc2c(C(C)C)c1S(=O)(=O)Oc1ccc(S(=O)(=O)[O-])c2c1CCC2. The standard InChI is InChI=1S/C25H28O6S2/c1-15(2)21-14-17-8-5-6-9-18(17)24(16(3)4)25(21)33(29,30)31-22-12-13-23(32(26,27)28)20-11-7-10-19(20)22/h5-6,8-9,12-16H,7,10-11H2,1-4H3,(H,26,27,28)/p-1. The summed E-state index contributed by atoms with van der Waals surface area (Å²) >= 11 is 0. The fraction of sp³-hybridized carbons (Fsp3) is 0.360. The molecular weight excluding hydrogens is 460 g/mol. The molecule has 6 nitrogen and oxygen atoms in total. The van der Waals surface area contributed by atoms with Crippen LogP contribution in [-0.4, -0.2) is 21.4 Å². The van der Waals surface area contributed by atoms with Gasteiger partial charge in [0, 0.05) is 5.56 Å². The third-order valence-corrected chi connectivity index (χ3v) is 8.46. The van der Waals surface area contributed by atoms with Crippen LogP contribution in [0.25, 0.3) is 10.8 Å². The lowest BCUT2D eigenvalue weighted by Crippen LogP contribution is -2.18. The largest absolute Gasteiger partial charge is 0.744 e. The van der Waals surface area contributed by atoms with Crippen molar-refractivity contribution in [2.75, 3.05) is 0 Å². The van der Waals surface area contributed by atoms with Crippen molar-refractivity contribution in [2.45, 2.75) is 68.6 Å². The van der Waals surface area contributed by atoms with Crippen LogP contribution in [0.1, 0.15) is 68.2 Å². The number of hydrogen-bond acceptors (Lipinski definition) is 6. The van der Waals surface area contributed by atoms with Crippen LogP contribution in [0.2, 0.25) is 0 Å². The third-order valence-electron chi connectivity index (χ3n) is 6.19. The monoisotopic (exact) mass is 487 g/mol. The van der Waals surface area contributed by atoms with Crippen molar-refractivity contribution >= 4 is 31.0 Å². The Labute approximate surface area is 195 Å². The number of rotatable bonds is 6. The van der Waals surface area contributed by atoms with Gasteiger partial charge < -0.3 is 8.74 Å². The molecule has 0 radical (unpaired) electrons. The highest BCUT2D eigenvalue weighted by Gasteiger charge is 2.31. The normalized spacial score (nSPS) is 14.3. The summed E-state index contributed by atoms with van der Waals surface area (Å²) in [4.78, 5) is -0.130. The molecule has 1 aliphatic rings. The summed E-state index contributed by atoms with van der Waals surface area (Å²) in [5, 5.41) is 1.83. The Hall–Kier alpha value is -2.42. The van der Waals surface area contributed by atoms with Gasteiger partial charge in [-0.05, 0) is 76.8 Å². The van der Waals surface area contributed by atoms with Gasteiger partial charge in [-0.2, -0.15) is 8.42 Å². The molecule has 0 N–H and O–H groups in total.